The van der Waals surface area contributed by atoms with Crippen LogP contribution in [-0.2, 0) is 9.53 Å². The molecule has 1 amide bonds. The van der Waals surface area contributed by atoms with Gasteiger partial charge in [0.25, 0.3) is 5.91 Å². The molecule has 1 saturated heterocycles. The fraction of sp³-hybridized carbons (Fsp3) is 0.615. The molecule has 16 heavy (non-hydrogen) atoms. The van der Waals surface area contributed by atoms with Crippen LogP contribution in [0, 0.1) is 12.3 Å². The number of hydrogen-bond acceptors (Lipinski definition) is 2. The van der Waals surface area contributed by atoms with Gasteiger partial charge in [-0.15, -0.1) is 6.42 Å². The Morgan fingerprint density at radius 3 is 3.00 bits per heavy atom. The van der Waals surface area contributed by atoms with Crippen LogP contribution >= 0.6 is 0 Å². The van der Waals surface area contributed by atoms with Crippen LogP contribution in [0.5, 0.6) is 0 Å². The lowest BCUT2D eigenvalue weighted by atomic mass is 10.1. The van der Waals surface area contributed by atoms with E-state index >= 15 is 0 Å². The van der Waals surface area contributed by atoms with Gasteiger partial charge in [-0.25, -0.2) is 0 Å². The third kappa shape index (κ3) is 2.45. The van der Waals surface area contributed by atoms with E-state index in [1.54, 1.807) is 0 Å². The Labute approximate surface area is 96.5 Å². The van der Waals surface area contributed by atoms with E-state index in [9.17, 15) is 4.79 Å². The van der Waals surface area contributed by atoms with Gasteiger partial charge in [0.2, 0.25) is 0 Å². The van der Waals surface area contributed by atoms with E-state index in [1.807, 2.05) is 11.0 Å². The Hall–Kier alpha value is -1.27. The highest BCUT2D eigenvalue weighted by Crippen LogP contribution is 2.17. The minimum atomic E-state index is -0.213. The zero-order valence-corrected chi connectivity index (χ0v) is 9.45. The first-order chi connectivity index (χ1) is 7.81. The minimum absolute atomic E-state index is 0.132. The van der Waals surface area contributed by atoms with Gasteiger partial charge < -0.3 is 9.64 Å². The molecule has 0 saturated carbocycles. The average Bonchev–Trinajstić information content (AvgIpc) is 2.39. The largest absolute Gasteiger partial charge is 0.368 e. The molecular weight excluding hydrogens is 202 g/mol. The van der Waals surface area contributed by atoms with E-state index < -0.39 is 0 Å². The highest BCUT2D eigenvalue weighted by molar-refractivity contribution is 5.81. The molecule has 2 rings (SSSR count). The quantitative estimate of drug-likeness (QED) is 0.623. The molecule has 0 bridgehead atoms. The summed E-state index contributed by atoms with van der Waals surface area (Å²) in [7, 11) is 0. The molecule has 1 fully saturated rings. The first kappa shape index (κ1) is 11.2. The molecule has 0 aromatic heterocycles. The summed E-state index contributed by atoms with van der Waals surface area (Å²) in [6.07, 6.45) is 10.9. The molecule has 0 N–H and O–H groups in total. The van der Waals surface area contributed by atoms with Crippen LogP contribution < -0.4 is 0 Å². The second-order valence-corrected chi connectivity index (χ2v) is 4.26. The van der Waals surface area contributed by atoms with Crippen LogP contribution in [0.1, 0.15) is 25.7 Å². The van der Waals surface area contributed by atoms with Gasteiger partial charge in [0.15, 0.2) is 0 Å². The Kier molecular flexibility index (Phi) is 3.63. The Morgan fingerprint density at radius 2 is 2.44 bits per heavy atom. The summed E-state index contributed by atoms with van der Waals surface area (Å²) >= 11 is 0. The highest BCUT2D eigenvalue weighted by atomic mass is 16.5. The zero-order valence-electron chi connectivity index (χ0n) is 9.45. The third-order valence-corrected chi connectivity index (χ3v) is 3.16. The summed E-state index contributed by atoms with van der Waals surface area (Å²) in [6, 6.07) is 0. The predicted octanol–water partition coefficient (Wildman–Crippen LogP) is 1.35. The second kappa shape index (κ2) is 5.18. The Morgan fingerprint density at radius 1 is 1.56 bits per heavy atom. The fourth-order valence-corrected chi connectivity index (χ4v) is 2.14. The van der Waals surface area contributed by atoms with Crippen molar-refractivity contribution in [2.75, 3.05) is 19.7 Å². The summed E-state index contributed by atoms with van der Waals surface area (Å²) in [6.45, 7) is 2.09. The van der Waals surface area contributed by atoms with Crippen LogP contribution in [0.3, 0.4) is 0 Å². The van der Waals surface area contributed by atoms with Crippen molar-refractivity contribution in [1.29, 1.82) is 0 Å². The molecule has 0 aromatic rings. The van der Waals surface area contributed by atoms with Crippen LogP contribution in [0.2, 0.25) is 0 Å². The van der Waals surface area contributed by atoms with Gasteiger partial charge in [-0.1, -0.05) is 12.0 Å². The number of ether oxygens (including phenoxy) is 1. The second-order valence-electron chi connectivity index (χ2n) is 4.26. The van der Waals surface area contributed by atoms with Crippen molar-refractivity contribution < 1.29 is 9.53 Å². The Balaban J connectivity index is 1.91. The van der Waals surface area contributed by atoms with Gasteiger partial charge in [0.1, 0.15) is 6.10 Å². The molecule has 3 heteroatoms. The molecule has 0 spiro atoms. The number of amides is 1. The van der Waals surface area contributed by atoms with Crippen molar-refractivity contribution in [3.8, 4) is 12.3 Å². The molecular formula is C13H17NO2. The molecule has 86 valence electrons. The predicted molar refractivity (Wildman–Crippen MR) is 61.7 cm³/mol. The third-order valence-electron chi connectivity index (χ3n) is 3.16. The lowest BCUT2D eigenvalue weighted by Gasteiger charge is -2.30. The smallest absolute Gasteiger partial charge is 0.251 e. The molecule has 1 unspecified atom stereocenters. The fourth-order valence-electron chi connectivity index (χ4n) is 2.14. The molecule has 0 radical (unpaired) electrons. The topological polar surface area (TPSA) is 29.5 Å². The molecule has 2 aliphatic rings. The number of carbonyl (C=O) groups excluding carboxylic acids is 1. The summed E-state index contributed by atoms with van der Waals surface area (Å²) < 4.78 is 5.49. The maximum atomic E-state index is 12.1. The van der Waals surface area contributed by atoms with E-state index in [0.717, 1.165) is 44.4 Å². The maximum Gasteiger partial charge on any atom is 0.251 e. The average molecular weight is 219 g/mol. The first-order valence-electron chi connectivity index (χ1n) is 5.87. The van der Waals surface area contributed by atoms with Crippen LogP contribution in [0.25, 0.3) is 0 Å². The summed E-state index contributed by atoms with van der Waals surface area (Å²) in [5.74, 6) is 2.77. The van der Waals surface area contributed by atoms with Crippen LogP contribution in [-0.4, -0.2) is 36.6 Å². The van der Waals surface area contributed by atoms with Gasteiger partial charge in [0.05, 0.1) is 0 Å². The van der Waals surface area contributed by atoms with Crippen molar-refractivity contribution in [1.82, 2.24) is 4.90 Å². The van der Waals surface area contributed by atoms with Crippen molar-refractivity contribution in [2.45, 2.75) is 31.8 Å². The molecule has 1 atom stereocenters. The molecule has 2 heterocycles. The summed E-state index contributed by atoms with van der Waals surface area (Å²) in [5.41, 5.74) is 1.01. The normalized spacial score (nSPS) is 25.8. The van der Waals surface area contributed by atoms with Gasteiger partial charge in [-0.3, -0.25) is 4.79 Å². The van der Waals surface area contributed by atoms with E-state index in [1.165, 1.54) is 0 Å². The lowest BCUT2D eigenvalue weighted by Crippen LogP contribution is -2.43. The van der Waals surface area contributed by atoms with Crippen molar-refractivity contribution in [2.24, 2.45) is 0 Å². The monoisotopic (exact) mass is 219 g/mol. The number of rotatable bonds is 1. The van der Waals surface area contributed by atoms with Crippen molar-refractivity contribution in [3.05, 3.63) is 11.6 Å². The Bertz CT molecular complexity index is 334. The van der Waals surface area contributed by atoms with Gasteiger partial charge in [-0.2, -0.15) is 0 Å². The minimum Gasteiger partial charge on any atom is -0.368 e. The lowest BCUT2D eigenvalue weighted by molar-refractivity contribution is -0.146. The molecule has 3 nitrogen and oxygen atoms in total. The molecule has 2 aliphatic heterocycles. The van der Waals surface area contributed by atoms with E-state index in [0.29, 0.717) is 6.54 Å². The molecule has 0 aromatic carbocycles. The first-order valence-corrected chi connectivity index (χ1v) is 5.87. The van der Waals surface area contributed by atoms with Crippen LogP contribution in [0.15, 0.2) is 11.6 Å². The van der Waals surface area contributed by atoms with E-state index in [4.69, 9.17) is 11.2 Å². The SMILES string of the molecule is C#CC1=CCN(C(=O)C2CCCCO2)CC1. The van der Waals surface area contributed by atoms with Gasteiger partial charge in [-0.05, 0) is 25.7 Å². The highest BCUT2D eigenvalue weighted by Gasteiger charge is 2.27. The number of terminal acetylenes is 1. The zero-order chi connectivity index (χ0) is 11.4. The number of nitrogens with zero attached hydrogens (tertiary/aromatic N) is 1. The molecule has 0 aliphatic carbocycles. The maximum absolute atomic E-state index is 12.1. The summed E-state index contributed by atoms with van der Waals surface area (Å²) in [4.78, 5) is 13.9. The number of carbonyl (C=O) groups is 1. The van der Waals surface area contributed by atoms with Crippen LogP contribution in [0.4, 0.5) is 0 Å². The van der Waals surface area contributed by atoms with Gasteiger partial charge >= 0.3 is 0 Å². The van der Waals surface area contributed by atoms with Gasteiger partial charge in [0, 0.05) is 25.3 Å². The van der Waals surface area contributed by atoms with E-state index in [-0.39, 0.29) is 12.0 Å². The standard InChI is InChI=1S/C13H17NO2/c1-2-11-6-8-14(9-7-11)13(15)12-5-3-4-10-16-12/h1,6,12H,3-5,7-10H2. The number of hydrogen-bond donors (Lipinski definition) is 0. The summed E-state index contributed by atoms with van der Waals surface area (Å²) in [5, 5.41) is 0. The van der Waals surface area contributed by atoms with Crippen molar-refractivity contribution >= 4 is 5.91 Å². The van der Waals surface area contributed by atoms with Crippen molar-refractivity contribution in [3.63, 3.8) is 0 Å². The van der Waals surface area contributed by atoms with E-state index in [2.05, 4.69) is 5.92 Å².